The second-order valence-electron chi connectivity index (χ2n) is 5.48. The van der Waals surface area contributed by atoms with Crippen LogP contribution in [-0.4, -0.2) is 40.8 Å². The number of aromatic amines is 1. The highest BCUT2D eigenvalue weighted by Gasteiger charge is 2.25. The summed E-state index contributed by atoms with van der Waals surface area (Å²) < 4.78 is 0. The van der Waals surface area contributed by atoms with Crippen molar-refractivity contribution in [3.8, 4) is 0 Å². The largest absolute Gasteiger partial charge is 0.360 e. The van der Waals surface area contributed by atoms with Gasteiger partial charge >= 0.3 is 0 Å². The number of nitrogens with one attached hydrogen (secondary N) is 2. The second kappa shape index (κ2) is 5.60. The van der Waals surface area contributed by atoms with Crippen LogP contribution in [0.5, 0.6) is 0 Å². The molecule has 0 saturated carbocycles. The minimum Gasteiger partial charge on any atom is -0.360 e. The molecule has 0 spiro atoms. The summed E-state index contributed by atoms with van der Waals surface area (Å²) in [5, 5.41) is 3.67. The van der Waals surface area contributed by atoms with Crippen molar-refractivity contribution < 1.29 is 9.59 Å². The van der Waals surface area contributed by atoms with Crippen LogP contribution in [0, 0.1) is 0 Å². The highest BCUT2D eigenvalue weighted by molar-refractivity contribution is 6.07. The van der Waals surface area contributed by atoms with Crippen molar-refractivity contribution in [1.29, 1.82) is 0 Å². The molecular formula is C16H19N3O2. The Morgan fingerprint density at radius 3 is 2.71 bits per heavy atom. The molecular weight excluding hydrogens is 266 g/mol. The van der Waals surface area contributed by atoms with Gasteiger partial charge in [-0.2, -0.15) is 0 Å². The number of H-pyrrole nitrogens is 1. The molecule has 1 fully saturated rings. The normalized spacial score (nSPS) is 16.1. The lowest BCUT2D eigenvalue weighted by Crippen LogP contribution is -2.45. The Hall–Kier alpha value is -2.30. The molecule has 3 rings (SSSR count). The highest BCUT2D eigenvalue weighted by atomic mass is 16.2. The number of carbonyl (C=O) groups is 2. The maximum absolute atomic E-state index is 12.3. The van der Waals surface area contributed by atoms with Gasteiger partial charge in [-0.3, -0.25) is 9.59 Å². The Balaban J connectivity index is 1.72. The highest BCUT2D eigenvalue weighted by Crippen LogP contribution is 2.17. The van der Waals surface area contributed by atoms with Crippen molar-refractivity contribution >= 4 is 22.7 Å². The summed E-state index contributed by atoms with van der Waals surface area (Å²) in [4.78, 5) is 29.5. The van der Waals surface area contributed by atoms with Crippen LogP contribution in [-0.2, 0) is 4.79 Å². The number of likely N-dealkylation sites (tertiary alicyclic amines) is 1. The molecule has 0 aliphatic carbocycles. The zero-order valence-corrected chi connectivity index (χ0v) is 12.1. The molecule has 5 nitrogen and oxygen atoms in total. The van der Waals surface area contributed by atoms with Crippen LogP contribution in [0.2, 0.25) is 0 Å². The summed E-state index contributed by atoms with van der Waals surface area (Å²) in [6, 6.07) is 7.13. The summed E-state index contributed by atoms with van der Waals surface area (Å²) in [6.07, 6.45) is 3.79. The molecule has 1 aliphatic heterocycles. The Morgan fingerprint density at radius 2 is 1.95 bits per heavy atom. The monoisotopic (exact) mass is 285 g/mol. The fourth-order valence-corrected chi connectivity index (χ4v) is 2.81. The van der Waals surface area contributed by atoms with Crippen LogP contribution in [0.1, 0.15) is 30.1 Å². The number of hydrogen-bond donors (Lipinski definition) is 2. The van der Waals surface area contributed by atoms with Crippen molar-refractivity contribution in [2.45, 2.75) is 25.8 Å². The molecule has 2 amide bonds. The Kier molecular flexibility index (Phi) is 3.64. The summed E-state index contributed by atoms with van der Waals surface area (Å²) >= 11 is 0. The maximum atomic E-state index is 12.3. The van der Waals surface area contributed by atoms with Gasteiger partial charge in [-0.25, -0.2) is 0 Å². The first-order chi connectivity index (χ1) is 10.2. The van der Waals surface area contributed by atoms with E-state index in [0.29, 0.717) is 5.56 Å². The van der Waals surface area contributed by atoms with Crippen molar-refractivity contribution in [2.24, 2.45) is 0 Å². The van der Waals surface area contributed by atoms with E-state index in [2.05, 4.69) is 10.3 Å². The van der Waals surface area contributed by atoms with Crippen molar-refractivity contribution in [3.05, 3.63) is 36.0 Å². The lowest BCUT2D eigenvalue weighted by Gasteiger charge is -2.21. The topological polar surface area (TPSA) is 65.2 Å². The van der Waals surface area contributed by atoms with Gasteiger partial charge in [0.25, 0.3) is 5.91 Å². The number of amides is 2. The number of nitrogens with zero attached hydrogens (tertiary/aromatic N) is 1. The Morgan fingerprint density at radius 1 is 1.24 bits per heavy atom. The Labute approximate surface area is 123 Å². The minimum atomic E-state index is -0.496. The van der Waals surface area contributed by atoms with Crippen molar-refractivity contribution in [2.75, 3.05) is 13.1 Å². The summed E-state index contributed by atoms with van der Waals surface area (Å²) in [5.74, 6) is -0.215. The van der Waals surface area contributed by atoms with Gasteiger partial charge in [0.15, 0.2) is 0 Å². The number of para-hydroxylation sites is 1. The van der Waals surface area contributed by atoms with Crippen LogP contribution in [0.15, 0.2) is 30.5 Å². The maximum Gasteiger partial charge on any atom is 0.254 e. The molecule has 1 atom stereocenters. The van der Waals surface area contributed by atoms with Crippen molar-refractivity contribution in [3.63, 3.8) is 0 Å². The first-order valence-corrected chi connectivity index (χ1v) is 7.32. The van der Waals surface area contributed by atoms with E-state index in [1.54, 1.807) is 13.1 Å². The molecule has 5 heteroatoms. The van der Waals surface area contributed by atoms with E-state index in [4.69, 9.17) is 0 Å². The van der Waals surface area contributed by atoms with Gasteiger partial charge in [0.2, 0.25) is 5.91 Å². The SMILES string of the molecule is CC(NC(=O)c1c[nH]c2ccccc12)C(=O)N1CCCC1. The third kappa shape index (κ3) is 2.63. The Bertz CT molecular complexity index is 671. The predicted octanol–water partition coefficient (Wildman–Crippen LogP) is 1.91. The molecule has 2 N–H and O–H groups in total. The smallest absolute Gasteiger partial charge is 0.254 e. The molecule has 2 aromatic rings. The van der Waals surface area contributed by atoms with Gasteiger partial charge in [0.1, 0.15) is 6.04 Å². The zero-order valence-electron chi connectivity index (χ0n) is 12.1. The van der Waals surface area contributed by atoms with Crippen LogP contribution < -0.4 is 5.32 Å². The van der Waals surface area contributed by atoms with Gasteiger partial charge < -0.3 is 15.2 Å². The number of carbonyl (C=O) groups excluding carboxylic acids is 2. The van der Waals surface area contributed by atoms with E-state index in [0.717, 1.165) is 36.8 Å². The fraction of sp³-hybridized carbons (Fsp3) is 0.375. The summed E-state index contributed by atoms with van der Waals surface area (Å²) in [5.41, 5.74) is 1.49. The third-order valence-corrected chi connectivity index (χ3v) is 3.97. The molecule has 1 aromatic heterocycles. The van der Waals surface area contributed by atoms with E-state index in [1.165, 1.54) is 0 Å². The lowest BCUT2D eigenvalue weighted by atomic mass is 10.1. The number of benzene rings is 1. The minimum absolute atomic E-state index is 0.000640. The van der Waals surface area contributed by atoms with Gasteiger partial charge in [0.05, 0.1) is 5.56 Å². The average molecular weight is 285 g/mol. The molecule has 110 valence electrons. The lowest BCUT2D eigenvalue weighted by molar-refractivity contribution is -0.131. The molecule has 2 heterocycles. The second-order valence-corrected chi connectivity index (χ2v) is 5.48. The van der Waals surface area contributed by atoms with Gasteiger partial charge in [-0.1, -0.05) is 18.2 Å². The van der Waals surface area contributed by atoms with E-state index in [1.807, 2.05) is 29.2 Å². The molecule has 21 heavy (non-hydrogen) atoms. The zero-order chi connectivity index (χ0) is 14.8. The van der Waals surface area contributed by atoms with Gasteiger partial charge in [-0.05, 0) is 25.8 Å². The van der Waals surface area contributed by atoms with Gasteiger partial charge in [0, 0.05) is 30.2 Å². The standard InChI is InChI=1S/C16H19N3O2/c1-11(16(21)19-8-4-5-9-19)18-15(20)13-10-17-14-7-3-2-6-12(13)14/h2-3,6-7,10-11,17H,4-5,8-9H2,1H3,(H,18,20). The fourth-order valence-electron chi connectivity index (χ4n) is 2.81. The summed E-state index contributed by atoms with van der Waals surface area (Å²) in [7, 11) is 0. The number of fused-ring (bicyclic) bond motifs is 1. The quantitative estimate of drug-likeness (QED) is 0.904. The number of rotatable bonds is 3. The first kappa shape index (κ1) is 13.7. The number of aromatic nitrogens is 1. The van der Waals surface area contributed by atoms with E-state index < -0.39 is 6.04 Å². The molecule has 1 saturated heterocycles. The van der Waals surface area contributed by atoms with Crippen LogP contribution >= 0.6 is 0 Å². The van der Waals surface area contributed by atoms with Gasteiger partial charge in [-0.15, -0.1) is 0 Å². The molecule has 0 radical (unpaired) electrons. The molecule has 1 unspecified atom stereocenters. The predicted molar refractivity (Wildman–Crippen MR) is 81.0 cm³/mol. The molecule has 1 aliphatic rings. The van der Waals surface area contributed by atoms with Crippen LogP contribution in [0.25, 0.3) is 10.9 Å². The summed E-state index contributed by atoms with van der Waals surface area (Å²) in [6.45, 7) is 3.34. The number of hydrogen-bond acceptors (Lipinski definition) is 2. The van der Waals surface area contributed by atoms with E-state index >= 15 is 0 Å². The van der Waals surface area contributed by atoms with Crippen LogP contribution in [0.3, 0.4) is 0 Å². The third-order valence-electron chi connectivity index (χ3n) is 3.97. The molecule has 0 bridgehead atoms. The van der Waals surface area contributed by atoms with E-state index in [9.17, 15) is 9.59 Å². The van der Waals surface area contributed by atoms with Crippen LogP contribution in [0.4, 0.5) is 0 Å². The first-order valence-electron chi connectivity index (χ1n) is 7.32. The molecule has 1 aromatic carbocycles. The van der Waals surface area contributed by atoms with E-state index in [-0.39, 0.29) is 11.8 Å². The van der Waals surface area contributed by atoms with Crippen molar-refractivity contribution in [1.82, 2.24) is 15.2 Å². The average Bonchev–Trinajstić information content (AvgIpc) is 3.15.